The van der Waals surface area contributed by atoms with Crippen LogP contribution in [0.3, 0.4) is 0 Å². The summed E-state index contributed by atoms with van der Waals surface area (Å²) in [5.41, 5.74) is 0.365. The number of rotatable bonds is 2. The van der Waals surface area contributed by atoms with E-state index in [1.165, 1.54) is 17.8 Å². The first kappa shape index (κ1) is 8.18. The lowest BCUT2D eigenvalue weighted by molar-refractivity contribution is -0.396. The van der Waals surface area contributed by atoms with Gasteiger partial charge in [-0.25, -0.2) is 4.57 Å². The van der Waals surface area contributed by atoms with Gasteiger partial charge >= 0.3 is 5.95 Å². The molecule has 0 bridgehead atoms. The number of nitro groups is 1. The van der Waals surface area contributed by atoms with Crippen molar-refractivity contribution in [3.05, 3.63) is 22.0 Å². The first-order valence-corrected chi connectivity index (χ1v) is 3.00. The van der Waals surface area contributed by atoms with Gasteiger partial charge in [-0.3, -0.25) is 0 Å². The quantitative estimate of drug-likeness (QED) is 0.295. The molecule has 0 aliphatic carbocycles. The fraction of sp³-hybridized carbons (Fsp3) is 0.200. The predicted molar refractivity (Wildman–Crippen MR) is 39.2 cm³/mol. The van der Waals surface area contributed by atoms with Crippen LogP contribution in [0.1, 0.15) is 5.69 Å². The molecule has 0 aromatic carbocycles. The van der Waals surface area contributed by atoms with Crippen molar-refractivity contribution in [2.45, 2.75) is 0 Å². The Morgan fingerprint density at radius 3 is 3.00 bits per heavy atom. The molecule has 0 saturated heterocycles. The van der Waals surface area contributed by atoms with E-state index in [-0.39, 0.29) is 5.95 Å². The zero-order valence-electron chi connectivity index (χ0n) is 6.21. The molecule has 0 spiro atoms. The number of hydrogen-bond donors (Lipinski definition) is 1. The second-order valence-electron chi connectivity index (χ2n) is 2.04. The summed E-state index contributed by atoms with van der Waals surface area (Å²) in [6.07, 6.45) is 2.32. The third kappa shape index (κ3) is 1.24. The minimum Gasteiger partial charge on any atom is -0.411 e. The van der Waals surface area contributed by atoms with Crippen molar-refractivity contribution in [1.82, 2.24) is 9.55 Å². The van der Waals surface area contributed by atoms with Crippen LogP contribution in [-0.2, 0) is 7.05 Å². The topological polar surface area (TPSA) is 93.5 Å². The Bertz CT molecular complexity index is 329. The van der Waals surface area contributed by atoms with E-state index in [1.54, 1.807) is 0 Å². The Hall–Kier alpha value is -1.92. The van der Waals surface area contributed by atoms with Crippen LogP contribution >= 0.6 is 0 Å². The average Bonchev–Trinajstić information content (AvgIpc) is 2.34. The van der Waals surface area contributed by atoms with Crippen molar-refractivity contribution < 1.29 is 10.1 Å². The van der Waals surface area contributed by atoms with E-state index in [1.807, 2.05) is 0 Å². The van der Waals surface area contributed by atoms with Crippen LogP contribution in [0.4, 0.5) is 5.95 Å². The van der Waals surface area contributed by atoms with Crippen LogP contribution in [0, 0.1) is 10.1 Å². The fourth-order valence-corrected chi connectivity index (χ4v) is 0.761. The van der Waals surface area contributed by atoms with E-state index >= 15 is 0 Å². The third-order valence-electron chi connectivity index (χ3n) is 1.35. The van der Waals surface area contributed by atoms with Gasteiger partial charge in [0, 0.05) is 0 Å². The number of nitrogens with zero attached hydrogens (tertiary/aromatic N) is 4. The molecule has 1 aromatic heterocycles. The molecule has 0 aliphatic heterocycles. The highest BCUT2D eigenvalue weighted by Gasteiger charge is 2.15. The van der Waals surface area contributed by atoms with Gasteiger partial charge in [0.15, 0.2) is 5.69 Å². The Morgan fingerprint density at radius 1 is 1.92 bits per heavy atom. The lowest BCUT2D eigenvalue weighted by atomic mass is 10.5. The summed E-state index contributed by atoms with van der Waals surface area (Å²) < 4.78 is 1.21. The SMILES string of the molecule is Cn1c(C=NO)cnc1[N+](=O)[O-]. The van der Waals surface area contributed by atoms with E-state index < -0.39 is 4.92 Å². The van der Waals surface area contributed by atoms with Crippen molar-refractivity contribution in [3.8, 4) is 0 Å². The molecule has 1 heterocycles. The molecule has 0 unspecified atom stereocenters. The number of hydrogen-bond acceptors (Lipinski definition) is 5. The molecule has 0 saturated carbocycles. The average molecular weight is 170 g/mol. The summed E-state index contributed by atoms with van der Waals surface area (Å²) in [5, 5.41) is 21.1. The highest BCUT2D eigenvalue weighted by Crippen LogP contribution is 2.08. The Morgan fingerprint density at radius 2 is 2.58 bits per heavy atom. The zero-order valence-corrected chi connectivity index (χ0v) is 6.21. The summed E-state index contributed by atoms with van der Waals surface area (Å²) in [6.45, 7) is 0. The summed E-state index contributed by atoms with van der Waals surface area (Å²) in [5.74, 6) is -0.287. The Balaban J connectivity index is 3.12. The zero-order chi connectivity index (χ0) is 9.14. The van der Waals surface area contributed by atoms with Gasteiger partial charge in [0.2, 0.25) is 0 Å². The smallest absolute Gasteiger partial charge is 0.411 e. The summed E-state index contributed by atoms with van der Waals surface area (Å²) in [7, 11) is 1.46. The van der Waals surface area contributed by atoms with Crippen molar-refractivity contribution in [3.63, 3.8) is 0 Å². The first-order valence-electron chi connectivity index (χ1n) is 3.00. The molecular formula is C5H6N4O3. The molecule has 1 N–H and O–H groups in total. The van der Waals surface area contributed by atoms with Gasteiger partial charge in [0.25, 0.3) is 0 Å². The maximum atomic E-state index is 10.3. The normalized spacial score (nSPS) is 10.8. The first-order chi connectivity index (χ1) is 5.66. The lowest BCUT2D eigenvalue weighted by Crippen LogP contribution is -2.01. The van der Waals surface area contributed by atoms with Crippen molar-refractivity contribution in [2.24, 2.45) is 12.2 Å². The van der Waals surface area contributed by atoms with E-state index in [2.05, 4.69) is 10.1 Å². The molecule has 0 amide bonds. The standard InChI is InChI=1S/C5H6N4O3/c1-8-4(3-7-10)2-6-5(8)9(11)12/h2-3,10H,1H3. The van der Waals surface area contributed by atoms with E-state index in [9.17, 15) is 10.1 Å². The van der Waals surface area contributed by atoms with E-state index in [0.29, 0.717) is 5.69 Å². The molecule has 7 heteroatoms. The lowest BCUT2D eigenvalue weighted by Gasteiger charge is -1.93. The van der Waals surface area contributed by atoms with Gasteiger partial charge in [0.05, 0.1) is 7.05 Å². The molecule has 0 aliphatic rings. The van der Waals surface area contributed by atoms with E-state index in [0.717, 1.165) is 6.21 Å². The molecule has 1 rings (SSSR count). The van der Waals surface area contributed by atoms with Crippen LogP contribution in [-0.4, -0.2) is 25.9 Å². The molecule has 64 valence electrons. The highest BCUT2D eigenvalue weighted by molar-refractivity contribution is 5.76. The van der Waals surface area contributed by atoms with Gasteiger partial charge < -0.3 is 15.3 Å². The Kier molecular flexibility index (Phi) is 2.04. The molecule has 0 atom stereocenters. The minimum absolute atomic E-state index is 0.287. The van der Waals surface area contributed by atoms with Crippen LogP contribution in [0.2, 0.25) is 0 Å². The minimum atomic E-state index is -0.616. The van der Waals surface area contributed by atoms with Gasteiger partial charge in [-0.15, -0.1) is 0 Å². The highest BCUT2D eigenvalue weighted by atomic mass is 16.6. The Labute approximate surface area is 67.1 Å². The van der Waals surface area contributed by atoms with Gasteiger partial charge in [0.1, 0.15) is 12.4 Å². The second-order valence-corrected chi connectivity index (χ2v) is 2.04. The number of aromatic nitrogens is 2. The molecule has 1 aromatic rings. The molecule has 0 fully saturated rings. The van der Waals surface area contributed by atoms with Gasteiger partial charge in [-0.2, -0.15) is 0 Å². The van der Waals surface area contributed by atoms with E-state index in [4.69, 9.17) is 5.21 Å². The van der Waals surface area contributed by atoms with Crippen LogP contribution in [0.25, 0.3) is 0 Å². The predicted octanol–water partition coefficient (Wildman–Crippen LogP) is 0.136. The summed E-state index contributed by atoms with van der Waals surface area (Å²) in [6, 6.07) is 0. The maximum Gasteiger partial charge on any atom is 0.434 e. The van der Waals surface area contributed by atoms with Gasteiger partial charge in [-0.05, 0) is 4.92 Å². The van der Waals surface area contributed by atoms with Crippen LogP contribution in [0.5, 0.6) is 0 Å². The van der Waals surface area contributed by atoms with Crippen molar-refractivity contribution >= 4 is 12.2 Å². The molecule has 7 nitrogen and oxygen atoms in total. The maximum absolute atomic E-state index is 10.3. The molecule has 0 radical (unpaired) electrons. The second kappa shape index (κ2) is 2.99. The molecular weight excluding hydrogens is 164 g/mol. The monoisotopic (exact) mass is 170 g/mol. The van der Waals surface area contributed by atoms with Crippen molar-refractivity contribution in [2.75, 3.05) is 0 Å². The number of imidazole rings is 1. The van der Waals surface area contributed by atoms with Gasteiger partial charge in [-0.1, -0.05) is 10.1 Å². The number of oxime groups is 1. The fourth-order valence-electron chi connectivity index (χ4n) is 0.761. The van der Waals surface area contributed by atoms with Crippen LogP contribution < -0.4 is 0 Å². The third-order valence-corrected chi connectivity index (χ3v) is 1.35. The van der Waals surface area contributed by atoms with Crippen LogP contribution in [0.15, 0.2) is 11.4 Å². The summed E-state index contributed by atoms with van der Waals surface area (Å²) in [4.78, 5) is 13.1. The molecule has 12 heavy (non-hydrogen) atoms. The van der Waals surface area contributed by atoms with Crippen molar-refractivity contribution in [1.29, 1.82) is 0 Å². The summed E-state index contributed by atoms with van der Waals surface area (Å²) >= 11 is 0. The largest absolute Gasteiger partial charge is 0.434 e.